The maximum Gasteiger partial charge on any atom is 0.0198 e. The fraction of sp³-hybridized carbons (Fsp3) is 0.857. The van der Waals surface area contributed by atoms with E-state index in [1.165, 1.54) is 31.5 Å². The Morgan fingerprint density at radius 1 is 1.06 bits per heavy atom. The zero-order chi connectivity index (χ0) is 12.6. The van der Waals surface area contributed by atoms with Gasteiger partial charge in [-0.05, 0) is 37.8 Å². The molecular formula is C14H29NS. The summed E-state index contributed by atoms with van der Waals surface area (Å²) in [6.07, 6.45) is 2.55. The molecule has 0 unspecified atom stereocenters. The van der Waals surface area contributed by atoms with Crippen molar-refractivity contribution in [3.8, 4) is 0 Å². The quantitative estimate of drug-likeness (QED) is 0.475. The molecular weight excluding hydrogens is 214 g/mol. The molecule has 0 aromatic rings. The highest BCUT2D eigenvalue weighted by Gasteiger charge is 2.08. The van der Waals surface area contributed by atoms with Crippen molar-refractivity contribution < 1.29 is 0 Å². The highest BCUT2D eigenvalue weighted by Crippen LogP contribution is 2.08. The average molecular weight is 243 g/mol. The van der Waals surface area contributed by atoms with Gasteiger partial charge < -0.3 is 0 Å². The third kappa shape index (κ3) is 9.29. The predicted octanol–water partition coefficient (Wildman–Crippen LogP) is 3.87. The van der Waals surface area contributed by atoms with E-state index in [9.17, 15) is 0 Å². The van der Waals surface area contributed by atoms with E-state index >= 15 is 0 Å². The maximum atomic E-state index is 4.28. The summed E-state index contributed by atoms with van der Waals surface area (Å²) in [6, 6.07) is 0. The molecule has 0 fully saturated rings. The van der Waals surface area contributed by atoms with Crippen LogP contribution in [0.15, 0.2) is 12.2 Å². The molecule has 0 rings (SSSR count). The normalized spacial score (nSPS) is 11.8. The van der Waals surface area contributed by atoms with E-state index in [0.717, 1.165) is 24.1 Å². The molecule has 0 heterocycles. The van der Waals surface area contributed by atoms with E-state index in [1.807, 2.05) is 0 Å². The van der Waals surface area contributed by atoms with Crippen LogP contribution >= 0.6 is 12.6 Å². The first kappa shape index (κ1) is 16.1. The number of thiol groups is 1. The fourth-order valence-corrected chi connectivity index (χ4v) is 1.62. The zero-order valence-electron chi connectivity index (χ0n) is 11.5. The lowest BCUT2D eigenvalue weighted by Crippen LogP contribution is -2.30. The molecule has 0 atom stereocenters. The highest BCUT2D eigenvalue weighted by atomic mass is 32.1. The summed E-state index contributed by atoms with van der Waals surface area (Å²) >= 11 is 4.28. The van der Waals surface area contributed by atoms with Crippen LogP contribution in [-0.2, 0) is 0 Å². The summed E-state index contributed by atoms with van der Waals surface area (Å²) in [5.74, 6) is 2.37. The molecule has 0 aliphatic rings. The smallest absolute Gasteiger partial charge is 0.0198 e. The monoisotopic (exact) mass is 243 g/mol. The molecule has 0 spiro atoms. The second-order valence-electron chi connectivity index (χ2n) is 5.55. The molecule has 0 bridgehead atoms. The Balaban J connectivity index is 3.99. The SMILES string of the molecule is C=C(CS)CN(CCC(C)C)CCC(C)C. The van der Waals surface area contributed by atoms with E-state index in [1.54, 1.807) is 0 Å². The van der Waals surface area contributed by atoms with E-state index in [4.69, 9.17) is 0 Å². The Morgan fingerprint density at radius 2 is 1.50 bits per heavy atom. The van der Waals surface area contributed by atoms with Crippen molar-refractivity contribution in [2.24, 2.45) is 11.8 Å². The van der Waals surface area contributed by atoms with Crippen LogP contribution in [0, 0.1) is 11.8 Å². The topological polar surface area (TPSA) is 3.24 Å². The summed E-state index contributed by atoms with van der Waals surface area (Å²) in [5, 5.41) is 0. The first-order chi connectivity index (χ1) is 7.45. The van der Waals surface area contributed by atoms with Crippen LogP contribution in [0.2, 0.25) is 0 Å². The van der Waals surface area contributed by atoms with Gasteiger partial charge in [-0.25, -0.2) is 0 Å². The molecule has 0 saturated carbocycles. The first-order valence-electron chi connectivity index (χ1n) is 6.45. The largest absolute Gasteiger partial charge is 0.299 e. The van der Waals surface area contributed by atoms with Gasteiger partial charge in [-0.1, -0.05) is 39.8 Å². The van der Waals surface area contributed by atoms with Gasteiger partial charge in [-0.15, -0.1) is 0 Å². The van der Waals surface area contributed by atoms with Gasteiger partial charge in [0.2, 0.25) is 0 Å². The number of hydrogen-bond donors (Lipinski definition) is 1. The van der Waals surface area contributed by atoms with Crippen molar-refractivity contribution in [3.05, 3.63) is 12.2 Å². The molecule has 0 aliphatic heterocycles. The van der Waals surface area contributed by atoms with Crippen LogP contribution in [-0.4, -0.2) is 30.3 Å². The molecule has 0 N–H and O–H groups in total. The lowest BCUT2D eigenvalue weighted by molar-refractivity contribution is 0.262. The molecule has 0 radical (unpaired) electrons. The van der Waals surface area contributed by atoms with Crippen molar-refractivity contribution in [2.75, 3.05) is 25.4 Å². The lowest BCUT2D eigenvalue weighted by atomic mass is 10.1. The van der Waals surface area contributed by atoms with E-state index in [-0.39, 0.29) is 0 Å². The van der Waals surface area contributed by atoms with Crippen LogP contribution in [0.3, 0.4) is 0 Å². The Kier molecular flexibility index (Phi) is 9.15. The second-order valence-corrected chi connectivity index (χ2v) is 5.87. The third-order valence-electron chi connectivity index (χ3n) is 2.72. The summed E-state index contributed by atoms with van der Waals surface area (Å²) in [6.45, 7) is 16.6. The van der Waals surface area contributed by atoms with Gasteiger partial charge in [0, 0.05) is 12.3 Å². The summed E-state index contributed by atoms with van der Waals surface area (Å²) in [4.78, 5) is 2.53. The minimum Gasteiger partial charge on any atom is -0.299 e. The number of rotatable bonds is 9. The van der Waals surface area contributed by atoms with E-state index < -0.39 is 0 Å². The van der Waals surface area contributed by atoms with Gasteiger partial charge in [0.15, 0.2) is 0 Å². The molecule has 0 aromatic carbocycles. The van der Waals surface area contributed by atoms with Crippen LogP contribution in [0.1, 0.15) is 40.5 Å². The van der Waals surface area contributed by atoms with Crippen LogP contribution in [0.25, 0.3) is 0 Å². The van der Waals surface area contributed by atoms with E-state index in [2.05, 4.69) is 51.8 Å². The van der Waals surface area contributed by atoms with Crippen molar-refractivity contribution in [1.29, 1.82) is 0 Å². The Hall–Kier alpha value is 0.0500. The fourth-order valence-electron chi connectivity index (χ4n) is 1.52. The van der Waals surface area contributed by atoms with Gasteiger partial charge in [-0.2, -0.15) is 12.6 Å². The standard InChI is InChI=1S/C14H29NS/c1-12(2)6-8-15(9-7-13(3)4)10-14(5)11-16/h12-13,16H,5-11H2,1-4H3. The molecule has 0 aromatic heterocycles. The summed E-state index contributed by atoms with van der Waals surface area (Å²) in [5.41, 5.74) is 1.23. The van der Waals surface area contributed by atoms with Gasteiger partial charge in [-0.3, -0.25) is 4.90 Å². The zero-order valence-corrected chi connectivity index (χ0v) is 12.4. The number of nitrogens with zero attached hydrogens (tertiary/aromatic N) is 1. The molecule has 2 heteroatoms. The lowest BCUT2D eigenvalue weighted by Gasteiger charge is -2.24. The summed E-state index contributed by atoms with van der Waals surface area (Å²) in [7, 11) is 0. The average Bonchev–Trinajstić information content (AvgIpc) is 2.21. The summed E-state index contributed by atoms with van der Waals surface area (Å²) < 4.78 is 0. The first-order valence-corrected chi connectivity index (χ1v) is 7.08. The van der Waals surface area contributed by atoms with Crippen molar-refractivity contribution >= 4 is 12.6 Å². The van der Waals surface area contributed by atoms with Crippen LogP contribution < -0.4 is 0 Å². The van der Waals surface area contributed by atoms with Gasteiger partial charge in [0.25, 0.3) is 0 Å². The van der Waals surface area contributed by atoms with Crippen molar-refractivity contribution in [3.63, 3.8) is 0 Å². The van der Waals surface area contributed by atoms with Crippen molar-refractivity contribution in [1.82, 2.24) is 4.90 Å². The minimum absolute atomic E-state index is 0.783. The Morgan fingerprint density at radius 3 is 1.81 bits per heavy atom. The van der Waals surface area contributed by atoms with E-state index in [0.29, 0.717) is 0 Å². The predicted molar refractivity (Wildman–Crippen MR) is 78.3 cm³/mol. The third-order valence-corrected chi connectivity index (χ3v) is 3.16. The van der Waals surface area contributed by atoms with Crippen LogP contribution in [0.5, 0.6) is 0 Å². The maximum absolute atomic E-state index is 4.28. The molecule has 96 valence electrons. The van der Waals surface area contributed by atoms with Crippen LogP contribution in [0.4, 0.5) is 0 Å². The minimum atomic E-state index is 0.783. The molecule has 0 aliphatic carbocycles. The van der Waals surface area contributed by atoms with Gasteiger partial charge in [0.05, 0.1) is 0 Å². The highest BCUT2D eigenvalue weighted by molar-refractivity contribution is 7.80. The Bertz CT molecular complexity index is 175. The molecule has 16 heavy (non-hydrogen) atoms. The second kappa shape index (κ2) is 9.12. The number of hydrogen-bond acceptors (Lipinski definition) is 2. The van der Waals surface area contributed by atoms with Crippen molar-refractivity contribution in [2.45, 2.75) is 40.5 Å². The Labute approximate surface area is 108 Å². The van der Waals surface area contributed by atoms with Gasteiger partial charge in [0.1, 0.15) is 0 Å². The molecule has 0 saturated heterocycles. The molecule has 0 amide bonds. The molecule has 1 nitrogen and oxygen atoms in total. The van der Waals surface area contributed by atoms with Gasteiger partial charge >= 0.3 is 0 Å².